The van der Waals surface area contributed by atoms with Crippen molar-refractivity contribution in [3.63, 3.8) is 0 Å². The molecule has 5 aromatic carbocycles. The fraction of sp³-hybridized carbons (Fsp3) is 0.143. The van der Waals surface area contributed by atoms with Gasteiger partial charge in [0.1, 0.15) is 11.4 Å². The standard InChI is InChI=1S/C28H24O/c1-28(2,3)29-24-16-8-19(9-17-24)7-10-20-11-12-23-14-13-21-5-4-6-22-15-18-25(20)27(23)26(21)22/h4-18H,1-3H3/b10-7+. The molecule has 0 heterocycles. The van der Waals surface area contributed by atoms with Crippen LogP contribution in [0, 0.1) is 0 Å². The van der Waals surface area contributed by atoms with Gasteiger partial charge in [-0.3, -0.25) is 0 Å². The van der Waals surface area contributed by atoms with Crippen LogP contribution in [0.25, 0.3) is 44.5 Å². The molecule has 5 rings (SSSR count). The molecule has 0 spiro atoms. The molecule has 0 unspecified atom stereocenters. The minimum absolute atomic E-state index is 0.181. The Morgan fingerprint density at radius 1 is 0.621 bits per heavy atom. The molecule has 0 fully saturated rings. The lowest BCUT2D eigenvalue weighted by Crippen LogP contribution is -2.22. The fourth-order valence-electron chi connectivity index (χ4n) is 4.09. The maximum Gasteiger partial charge on any atom is 0.120 e. The van der Waals surface area contributed by atoms with Crippen LogP contribution in [0.3, 0.4) is 0 Å². The van der Waals surface area contributed by atoms with Crippen LogP contribution in [0.4, 0.5) is 0 Å². The lowest BCUT2D eigenvalue weighted by atomic mass is 9.92. The molecule has 0 aliphatic rings. The second kappa shape index (κ2) is 6.63. The van der Waals surface area contributed by atoms with E-state index in [4.69, 9.17) is 4.74 Å². The lowest BCUT2D eigenvalue weighted by Gasteiger charge is -2.21. The summed E-state index contributed by atoms with van der Waals surface area (Å²) in [6.07, 6.45) is 4.39. The first-order valence-electron chi connectivity index (χ1n) is 10.1. The predicted octanol–water partition coefficient (Wildman–Crippen LogP) is 7.93. The van der Waals surface area contributed by atoms with Crippen molar-refractivity contribution in [1.82, 2.24) is 0 Å². The minimum Gasteiger partial charge on any atom is -0.488 e. The van der Waals surface area contributed by atoms with Gasteiger partial charge in [-0.15, -0.1) is 0 Å². The van der Waals surface area contributed by atoms with Crippen molar-refractivity contribution >= 4 is 44.5 Å². The highest BCUT2D eigenvalue weighted by Gasteiger charge is 2.11. The minimum atomic E-state index is -0.181. The molecule has 29 heavy (non-hydrogen) atoms. The van der Waals surface area contributed by atoms with Crippen molar-refractivity contribution in [2.45, 2.75) is 26.4 Å². The van der Waals surface area contributed by atoms with Crippen LogP contribution in [0.1, 0.15) is 31.9 Å². The highest BCUT2D eigenvalue weighted by molar-refractivity contribution is 6.24. The summed E-state index contributed by atoms with van der Waals surface area (Å²) >= 11 is 0. The van der Waals surface area contributed by atoms with E-state index in [0.29, 0.717) is 0 Å². The van der Waals surface area contributed by atoms with E-state index in [1.54, 1.807) is 0 Å². The Morgan fingerprint density at radius 3 is 1.93 bits per heavy atom. The van der Waals surface area contributed by atoms with Crippen LogP contribution in [0.15, 0.2) is 78.9 Å². The Hall–Kier alpha value is -3.32. The second-order valence-electron chi connectivity index (χ2n) is 8.63. The van der Waals surface area contributed by atoms with E-state index in [1.807, 2.05) is 12.1 Å². The fourth-order valence-corrected chi connectivity index (χ4v) is 4.09. The molecule has 0 saturated heterocycles. The quantitative estimate of drug-likeness (QED) is 0.229. The molecule has 0 aliphatic heterocycles. The molecule has 0 atom stereocenters. The van der Waals surface area contributed by atoms with Crippen LogP contribution in [-0.4, -0.2) is 5.60 Å². The van der Waals surface area contributed by atoms with E-state index in [9.17, 15) is 0 Å². The molecular formula is C28H24O. The van der Waals surface area contributed by atoms with Crippen LogP contribution >= 0.6 is 0 Å². The maximum atomic E-state index is 5.92. The van der Waals surface area contributed by atoms with E-state index >= 15 is 0 Å². The Labute approximate surface area is 171 Å². The Kier molecular flexibility index (Phi) is 4.06. The smallest absolute Gasteiger partial charge is 0.120 e. The topological polar surface area (TPSA) is 9.23 Å². The van der Waals surface area contributed by atoms with Crippen molar-refractivity contribution < 1.29 is 4.74 Å². The summed E-state index contributed by atoms with van der Waals surface area (Å²) in [5.74, 6) is 0.900. The van der Waals surface area contributed by atoms with Gasteiger partial charge in [-0.1, -0.05) is 78.9 Å². The van der Waals surface area contributed by atoms with Crippen molar-refractivity contribution in [3.05, 3.63) is 90.0 Å². The van der Waals surface area contributed by atoms with E-state index in [0.717, 1.165) is 11.3 Å². The van der Waals surface area contributed by atoms with Gasteiger partial charge in [-0.2, -0.15) is 0 Å². The van der Waals surface area contributed by atoms with E-state index < -0.39 is 0 Å². The molecule has 1 heteroatoms. The highest BCUT2D eigenvalue weighted by atomic mass is 16.5. The first-order chi connectivity index (χ1) is 14.0. The Balaban J connectivity index is 1.55. The number of hydrogen-bond donors (Lipinski definition) is 0. The van der Waals surface area contributed by atoms with Crippen molar-refractivity contribution in [3.8, 4) is 5.75 Å². The van der Waals surface area contributed by atoms with Gasteiger partial charge in [0.2, 0.25) is 0 Å². The molecule has 0 N–H and O–H groups in total. The van der Waals surface area contributed by atoms with Gasteiger partial charge in [0.25, 0.3) is 0 Å². The molecule has 0 aromatic heterocycles. The van der Waals surface area contributed by atoms with Gasteiger partial charge < -0.3 is 4.74 Å². The monoisotopic (exact) mass is 376 g/mol. The average molecular weight is 376 g/mol. The van der Waals surface area contributed by atoms with Crippen LogP contribution in [-0.2, 0) is 0 Å². The largest absolute Gasteiger partial charge is 0.488 e. The summed E-state index contributed by atoms with van der Waals surface area (Å²) in [4.78, 5) is 0. The van der Waals surface area contributed by atoms with Crippen LogP contribution in [0.2, 0.25) is 0 Å². The van der Waals surface area contributed by atoms with Gasteiger partial charge in [0, 0.05) is 0 Å². The summed E-state index contributed by atoms with van der Waals surface area (Å²) in [7, 11) is 0. The van der Waals surface area contributed by atoms with Gasteiger partial charge in [-0.05, 0) is 76.3 Å². The predicted molar refractivity (Wildman–Crippen MR) is 126 cm³/mol. The summed E-state index contributed by atoms with van der Waals surface area (Å²) in [6, 6.07) is 28.2. The SMILES string of the molecule is CC(C)(C)Oc1ccc(/C=C/c2ccc3ccc4cccc5ccc2c3c45)cc1. The number of benzene rings is 5. The zero-order chi connectivity index (χ0) is 20.0. The molecule has 142 valence electrons. The highest BCUT2D eigenvalue weighted by Crippen LogP contribution is 2.36. The molecular weight excluding hydrogens is 352 g/mol. The molecule has 0 aliphatic carbocycles. The van der Waals surface area contributed by atoms with Crippen LogP contribution in [0.5, 0.6) is 5.75 Å². The van der Waals surface area contributed by atoms with Crippen molar-refractivity contribution in [2.24, 2.45) is 0 Å². The first kappa shape index (κ1) is 17.8. The summed E-state index contributed by atoms with van der Waals surface area (Å²) in [5.41, 5.74) is 2.22. The Morgan fingerprint density at radius 2 is 1.24 bits per heavy atom. The van der Waals surface area contributed by atoms with Gasteiger partial charge in [-0.25, -0.2) is 0 Å². The number of rotatable bonds is 3. The molecule has 0 bridgehead atoms. The molecule has 1 nitrogen and oxygen atoms in total. The molecule has 0 saturated carbocycles. The van der Waals surface area contributed by atoms with Gasteiger partial charge >= 0.3 is 0 Å². The number of hydrogen-bond acceptors (Lipinski definition) is 1. The van der Waals surface area contributed by atoms with Crippen molar-refractivity contribution in [1.29, 1.82) is 0 Å². The van der Waals surface area contributed by atoms with Gasteiger partial charge in [0.05, 0.1) is 0 Å². The van der Waals surface area contributed by atoms with Crippen molar-refractivity contribution in [2.75, 3.05) is 0 Å². The maximum absolute atomic E-state index is 5.92. The third-order valence-corrected chi connectivity index (χ3v) is 5.32. The summed E-state index contributed by atoms with van der Waals surface area (Å²) < 4.78 is 5.92. The average Bonchev–Trinajstić information content (AvgIpc) is 2.71. The molecule has 0 amide bonds. The zero-order valence-corrected chi connectivity index (χ0v) is 17.1. The summed E-state index contributed by atoms with van der Waals surface area (Å²) in [5, 5.41) is 7.92. The molecule has 5 aromatic rings. The van der Waals surface area contributed by atoms with E-state index in [-0.39, 0.29) is 5.60 Å². The third kappa shape index (κ3) is 3.34. The Bertz CT molecular complexity index is 1320. The second-order valence-corrected chi connectivity index (χ2v) is 8.63. The van der Waals surface area contributed by atoms with E-state index in [1.165, 1.54) is 37.9 Å². The summed E-state index contributed by atoms with van der Waals surface area (Å²) in [6.45, 7) is 6.19. The zero-order valence-electron chi connectivity index (χ0n) is 17.1. The first-order valence-corrected chi connectivity index (χ1v) is 10.1. The third-order valence-electron chi connectivity index (χ3n) is 5.32. The lowest BCUT2D eigenvalue weighted by molar-refractivity contribution is 0.131. The normalized spacial score (nSPS) is 12.5. The van der Waals surface area contributed by atoms with Gasteiger partial charge in [0.15, 0.2) is 0 Å². The number of ether oxygens (including phenoxy) is 1. The molecule has 0 radical (unpaired) electrons. The van der Waals surface area contributed by atoms with Crippen LogP contribution < -0.4 is 4.74 Å². The van der Waals surface area contributed by atoms with E-state index in [2.05, 4.69) is 99.7 Å².